The van der Waals surface area contributed by atoms with Crippen LogP contribution in [0.3, 0.4) is 0 Å². The molecule has 0 aliphatic rings. The lowest BCUT2D eigenvalue weighted by Crippen LogP contribution is -1.86. The highest BCUT2D eigenvalue weighted by molar-refractivity contribution is 5.87. The van der Waals surface area contributed by atoms with Crippen molar-refractivity contribution < 1.29 is 0 Å². The van der Waals surface area contributed by atoms with Crippen molar-refractivity contribution >= 4 is 10.8 Å². The van der Waals surface area contributed by atoms with E-state index in [1.54, 1.807) is 0 Å². The fourth-order valence-corrected chi connectivity index (χ4v) is 2.42. The maximum atomic E-state index is 2.27. The Morgan fingerprint density at radius 2 is 1.23 bits per heavy atom. The highest BCUT2D eigenvalue weighted by atomic mass is 14.1. The molecule has 3 aromatic carbocycles. The molecule has 0 heteroatoms. The first-order chi connectivity index (χ1) is 10.8. The number of fused-ring (bicyclic) bond motifs is 1. The first-order valence-electron chi connectivity index (χ1n) is 8.31. The van der Waals surface area contributed by atoms with E-state index in [0.717, 1.165) is 0 Å². The Morgan fingerprint density at radius 3 is 1.91 bits per heavy atom. The minimum Gasteiger partial charge on any atom is -0.0683 e. The van der Waals surface area contributed by atoms with Crippen LogP contribution in [0.15, 0.2) is 60.7 Å². The fraction of sp³-hybridized carbons (Fsp3) is 0.273. The van der Waals surface area contributed by atoms with E-state index in [9.17, 15) is 0 Å². The zero-order chi connectivity index (χ0) is 16.5. The van der Waals surface area contributed by atoms with Gasteiger partial charge in [-0.15, -0.1) is 0 Å². The normalized spacial score (nSPS) is 9.36. The van der Waals surface area contributed by atoms with E-state index in [0.29, 0.717) is 0 Å². The van der Waals surface area contributed by atoms with Crippen molar-refractivity contribution in [3.63, 3.8) is 0 Å². The van der Waals surface area contributed by atoms with Gasteiger partial charge in [0.1, 0.15) is 0 Å². The SMILES string of the molecule is CC.CC.Cc1cccc(-c2ccc3ccccc3c2)c1C. The second kappa shape index (κ2) is 9.04. The van der Waals surface area contributed by atoms with Gasteiger partial charge in [0.05, 0.1) is 0 Å². The summed E-state index contributed by atoms with van der Waals surface area (Å²) in [5.74, 6) is 0. The molecule has 3 rings (SSSR count). The van der Waals surface area contributed by atoms with E-state index >= 15 is 0 Å². The van der Waals surface area contributed by atoms with E-state index in [1.165, 1.54) is 33.0 Å². The quantitative estimate of drug-likeness (QED) is 0.445. The smallest absolute Gasteiger partial charge is 0.0152 e. The van der Waals surface area contributed by atoms with Gasteiger partial charge in [-0.2, -0.15) is 0 Å². The molecule has 0 unspecified atom stereocenters. The van der Waals surface area contributed by atoms with Gasteiger partial charge in [-0.3, -0.25) is 0 Å². The molecule has 0 bridgehead atoms. The van der Waals surface area contributed by atoms with Gasteiger partial charge < -0.3 is 0 Å². The minimum absolute atomic E-state index is 1.30. The molecule has 3 aromatic rings. The van der Waals surface area contributed by atoms with Gasteiger partial charge in [0, 0.05) is 0 Å². The third-order valence-electron chi connectivity index (χ3n) is 3.67. The topological polar surface area (TPSA) is 0 Å². The van der Waals surface area contributed by atoms with Crippen LogP contribution in [0.5, 0.6) is 0 Å². The van der Waals surface area contributed by atoms with Gasteiger partial charge in [0.25, 0.3) is 0 Å². The van der Waals surface area contributed by atoms with Crippen LogP contribution in [0.1, 0.15) is 38.8 Å². The second-order valence-corrected chi connectivity index (χ2v) is 4.81. The summed E-state index contributed by atoms with van der Waals surface area (Å²) in [6.45, 7) is 12.4. The zero-order valence-electron chi connectivity index (χ0n) is 14.8. The minimum atomic E-state index is 1.30. The van der Waals surface area contributed by atoms with E-state index in [1.807, 2.05) is 27.7 Å². The molecule has 0 radical (unpaired) electrons. The zero-order valence-corrected chi connectivity index (χ0v) is 14.8. The molecule has 0 heterocycles. The summed E-state index contributed by atoms with van der Waals surface area (Å²) >= 11 is 0. The summed E-state index contributed by atoms with van der Waals surface area (Å²) in [6, 6.07) is 21.7. The Labute approximate surface area is 135 Å². The van der Waals surface area contributed by atoms with Crippen molar-refractivity contribution in [3.8, 4) is 11.1 Å². The summed E-state index contributed by atoms with van der Waals surface area (Å²) in [5.41, 5.74) is 5.35. The van der Waals surface area contributed by atoms with Crippen LogP contribution in [-0.2, 0) is 0 Å². The van der Waals surface area contributed by atoms with Crippen molar-refractivity contribution in [2.24, 2.45) is 0 Å². The lowest BCUT2D eigenvalue weighted by molar-refractivity contribution is 1.34. The standard InChI is InChI=1S/C18H16.2C2H6/c1-13-6-5-9-18(14(13)2)17-11-10-15-7-3-4-8-16(15)12-17;2*1-2/h3-12H,1-2H3;2*1-2H3. The third-order valence-corrected chi connectivity index (χ3v) is 3.67. The predicted molar refractivity (Wildman–Crippen MR) is 102 cm³/mol. The number of hydrogen-bond acceptors (Lipinski definition) is 0. The van der Waals surface area contributed by atoms with Crippen molar-refractivity contribution in [1.82, 2.24) is 0 Å². The van der Waals surface area contributed by atoms with E-state index in [2.05, 4.69) is 74.5 Å². The van der Waals surface area contributed by atoms with E-state index in [-0.39, 0.29) is 0 Å². The van der Waals surface area contributed by atoms with E-state index < -0.39 is 0 Å². The first kappa shape index (κ1) is 18.0. The van der Waals surface area contributed by atoms with Crippen molar-refractivity contribution in [3.05, 3.63) is 71.8 Å². The van der Waals surface area contributed by atoms with Gasteiger partial charge in [-0.1, -0.05) is 82.3 Å². The van der Waals surface area contributed by atoms with Crippen LogP contribution >= 0.6 is 0 Å². The Morgan fingerprint density at radius 1 is 0.591 bits per heavy atom. The second-order valence-electron chi connectivity index (χ2n) is 4.81. The molecule has 22 heavy (non-hydrogen) atoms. The van der Waals surface area contributed by atoms with Gasteiger partial charge in [-0.05, 0) is 52.9 Å². The first-order valence-corrected chi connectivity index (χ1v) is 8.31. The molecule has 0 aromatic heterocycles. The maximum absolute atomic E-state index is 2.27. The molecule has 0 fully saturated rings. The Hall–Kier alpha value is -2.08. The molecule has 0 aliphatic carbocycles. The summed E-state index contributed by atoms with van der Waals surface area (Å²) < 4.78 is 0. The largest absolute Gasteiger partial charge is 0.0683 e. The number of hydrogen-bond donors (Lipinski definition) is 0. The summed E-state index contributed by atoms with van der Waals surface area (Å²) in [7, 11) is 0. The number of benzene rings is 3. The molecule has 0 amide bonds. The van der Waals surface area contributed by atoms with Gasteiger partial charge in [0.2, 0.25) is 0 Å². The Balaban J connectivity index is 0.000000561. The van der Waals surface area contributed by atoms with E-state index in [4.69, 9.17) is 0 Å². The molecule has 0 aliphatic heterocycles. The monoisotopic (exact) mass is 292 g/mol. The van der Waals surface area contributed by atoms with Crippen LogP contribution in [0, 0.1) is 13.8 Å². The molecule has 0 spiro atoms. The van der Waals surface area contributed by atoms with Crippen LogP contribution in [-0.4, -0.2) is 0 Å². The van der Waals surface area contributed by atoms with Crippen molar-refractivity contribution in [2.45, 2.75) is 41.5 Å². The molecule has 0 N–H and O–H groups in total. The van der Waals surface area contributed by atoms with Crippen LogP contribution in [0.2, 0.25) is 0 Å². The maximum Gasteiger partial charge on any atom is -0.0152 e. The lowest BCUT2D eigenvalue weighted by Gasteiger charge is -2.09. The van der Waals surface area contributed by atoms with Crippen LogP contribution in [0.4, 0.5) is 0 Å². The molecular formula is C22H28. The fourth-order valence-electron chi connectivity index (χ4n) is 2.42. The third kappa shape index (κ3) is 3.98. The molecule has 0 nitrogen and oxygen atoms in total. The van der Waals surface area contributed by atoms with Crippen molar-refractivity contribution in [2.75, 3.05) is 0 Å². The van der Waals surface area contributed by atoms with Gasteiger partial charge in [-0.25, -0.2) is 0 Å². The van der Waals surface area contributed by atoms with Gasteiger partial charge in [0.15, 0.2) is 0 Å². The lowest BCUT2D eigenvalue weighted by atomic mass is 9.95. The summed E-state index contributed by atoms with van der Waals surface area (Å²) in [5, 5.41) is 2.60. The molecule has 0 saturated heterocycles. The average molecular weight is 292 g/mol. The highest BCUT2D eigenvalue weighted by Crippen LogP contribution is 2.28. The Kier molecular flexibility index (Phi) is 7.39. The van der Waals surface area contributed by atoms with Gasteiger partial charge >= 0.3 is 0 Å². The molecule has 0 saturated carbocycles. The molecular weight excluding hydrogens is 264 g/mol. The Bertz CT molecular complexity index is 708. The highest BCUT2D eigenvalue weighted by Gasteiger charge is 2.04. The van der Waals surface area contributed by atoms with Crippen LogP contribution < -0.4 is 0 Å². The predicted octanol–water partition coefficient (Wildman–Crippen LogP) is 7.18. The number of aryl methyl sites for hydroxylation is 1. The summed E-state index contributed by atoms with van der Waals surface area (Å²) in [6.07, 6.45) is 0. The average Bonchev–Trinajstić information content (AvgIpc) is 2.60. The van der Waals surface area contributed by atoms with Crippen molar-refractivity contribution in [1.29, 1.82) is 0 Å². The molecule has 0 atom stereocenters. The summed E-state index contributed by atoms with van der Waals surface area (Å²) in [4.78, 5) is 0. The molecule has 116 valence electrons. The van der Waals surface area contributed by atoms with Crippen LogP contribution in [0.25, 0.3) is 21.9 Å². The number of rotatable bonds is 1.